The smallest absolute Gasteiger partial charge is 0.148 e. The van der Waals surface area contributed by atoms with Crippen LogP contribution in [0.5, 0.6) is 5.75 Å². The van der Waals surface area contributed by atoms with Crippen molar-refractivity contribution in [3.05, 3.63) is 34.9 Å². The van der Waals surface area contributed by atoms with Crippen LogP contribution in [0.25, 0.3) is 6.08 Å². The van der Waals surface area contributed by atoms with Gasteiger partial charge in [-0.3, -0.25) is 0 Å². The molecule has 0 spiro atoms. The molecule has 2 heteroatoms. The molecule has 1 aromatic rings. The van der Waals surface area contributed by atoms with Gasteiger partial charge in [0.1, 0.15) is 12.4 Å². The Balaban J connectivity index is 3.12. The molecule has 1 nitrogen and oxygen atoms in total. The minimum Gasteiger partial charge on any atom is -0.480 e. The molecule has 0 atom stereocenters. The van der Waals surface area contributed by atoms with Gasteiger partial charge in [-0.25, -0.2) is 0 Å². The average molecular weight is 207 g/mol. The molecule has 0 amide bonds. The van der Waals surface area contributed by atoms with Gasteiger partial charge >= 0.3 is 0 Å². The van der Waals surface area contributed by atoms with Crippen molar-refractivity contribution in [1.29, 1.82) is 0 Å². The Kier molecular flexibility index (Phi) is 3.62. The van der Waals surface area contributed by atoms with Crippen LogP contribution in [-0.2, 0) is 0 Å². The molecule has 0 saturated carbocycles. The zero-order valence-electron chi connectivity index (χ0n) is 8.01. The molecular weight excluding hydrogens is 196 g/mol. The molecule has 1 aromatic carbocycles. The van der Waals surface area contributed by atoms with Gasteiger partial charge in [-0.2, -0.15) is 0 Å². The Labute approximate surface area is 89.3 Å². The van der Waals surface area contributed by atoms with Crippen LogP contribution in [0.3, 0.4) is 0 Å². The van der Waals surface area contributed by atoms with E-state index in [2.05, 4.69) is 12.5 Å². The molecule has 0 aliphatic carbocycles. The predicted octanol–water partition coefficient (Wildman–Crippen LogP) is 3.30. The number of rotatable bonds is 3. The number of hydrogen-bond donors (Lipinski definition) is 0. The van der Waals surface area contributed by atoms with Crippen molar-refractivity contribution < 1.29 is 4.74 Å². The highest BCUT2D eigenvalue weighted by Crippen LogP contribution is 2.28. The Morgan fingerprint density at radius 1 is 1.64 bits per heavy atom. The second kappa shape index (κ2) is 4.74. The van der Waals surface area contributed by atoms with E-state index in [4.69, 9.17) is 22.8 Å². The van der Waals surface area contributed by atoms with E-state index in [0.717, 1.165) is 16.9 Å². The minimum atomic E-state index is 0.252. The highest BCUT2D eigenvalue weighted by Gasteiger charge is 2.06. The largest absolute Gasteiger partial charge is 0.480 e. The zero-order chi connectivity index (χ0) is 10.6. The predicted molar refractivity (Wildman–Crippen MR) is 60.6 cm³/mol. The second-order valence-corrected chi connectivity index (χ2v) is 3.19. The molecule has 0 aliphatic rings. The van der Waals surface area contributed by atoms with Crippen molar-refractivity contribution >= 4 is 17.7 Å². The maximum absolute atomic E-state index is 5.95. The lowest BCUT2D eigenvalue weighted by Gasteiger charge is -2.10. The van der Waals surface area contributed by atoms with E-state index < -0.39 is 0 Å². The SMILES string of the molecule is C#CCOc1ccc(Cl)c(C)c1C=C. The highest BCUT2D eigenvalue weighted by molar-refractivity contribution is 6.31. The van der Waals surface area contributed by atoms with Gasteiger partial charge < -0.3 is 4.74 Å². The summed E-state index contributed by atoms with van der Waals surface area (Å²) < 4.78 is 5.35. The van der Waals surface area contributed by atoms with Crippen LogP contribution in [0.2, 0.25) is 5.02 Å². The van der Waals surface area contributed by atoms with Crippen LogP contribution in [-0.4, -0.2) is 6.61 Å². The summed E-state index contributed by atoms with van der Waals surface area (Å²) >= 11 is 5.95. The Bertz CT molecular complexity index is 388. The summed E-state index contributed by atoms with van der Waals surface area (Å²) in [7, 11) is 0. The molecule has 0 heterocycles. The van der Waals surface area contributed by atoms with Crippen molar-refractivity contribution in [2.75, 3.05) is 6.61 Å². The number of hydrogen-bond acceptors (Lipinski definition) is 1. The summed E-state index contributed by atoms with van der Waals surface area (Å²) in [5.74, 6) is 3.13. The van der Waals surface area contributed by atoms with E-state index in [1.165, 1.54) is 0 Å². The summed E-state index contributed by atoms with van der Waals surface area (Å²) in [5.41, 5.74) is 1.85. The first kappa shape index (κ1) is 10.7. The normalized spacial score (nSPS) is 9.21. The van der Waals surface area contributed by atoms with E-state index in [0.29, 0.717) is 5.02 Å². The second-order valence-electron chi connectivity index (χ2n) is 2.78. The van der Waals surface area contributed by atoms with Gasteiger partial charge in [-0.1, -0.05) is 30.2 Å². The molecular formula is C12H11ClO. The average Bonchev–Trinajstić information content (AvgIpc) is 2.20. The highest BCUT2D eigenvalue weighted by atomic mass is 35.5. The van der Waals surface area contributed by atoms with Gasteiger partial charge in [0.05, 0.1) is 0 Å². The maximum Gasteiger partial charge on any atom is 0.148 e. The fraction of sp³-hybridized carbons (Fsp3) is 0.167. The molecule has 1 rings (SSSR count). The molecule has 0 saturated heterocycles. The lowest BCUT2D eigenvalue weighted by molar-refractivity contribution is 0.369. The lowest BCUT2D eigenvalue weighted by atomic mass is 10.1. The first-order valence-electron chi connectivity index (χ1n) is 4.18. The molecule has 0 fully saturated rings. The van der Waals surface area contributed by atoms with E-state index in [1.54, 1.807) is 18.2 Å². The van der Waals surface area contributed by atoms with Gasteiger partial charge in [0.15, 0.2) is 0 Å². The standard InChI is InChI=1S/C12H11ClO/c1-4-8-14-12-7-6-11(13)9(3)10(12)5-2/h1,5-7H,2,8H2,3H3. The fourth-order valence-electron chi connectivity index (χ4n) is 1.18. The van der Waals surface area contributed by atoms with Crippen molar-refractivity contribution in [3.8, 4) is 18.1 Å². The number of terminal acetylenes is 1. The Hall–Kier alpha value is -1.39. The Morgan fingerprint density at radius 2 is 2.36 bits per heavy atom. The maximum atomic E-state index is 5.95. The molecule has 0 N–H and O–H groups in total. The number of ether oxygens (including phenoxy) is 1. The minimum absolute atomic E-state index is 0.252. The topological polar surface area (TPSA) is 9.23 Å². The third kappa shape index (κ3) is 2.10. The van der Waals surface area contributed by atoms with E-state index in [9.17, 15) is 0 Å². The molecule has 0 radical (unpaired) electrons. The van der Waals surface area contributed by atoms with Crippen LogP contribution in [0.1, 0.15) is 11.1 Å². The van der Waals surface area contributed by atoms with Gasteiger partial charge in [0.25, 0.3) is 0 Å². The van der Waals surface area contributed by atoms with Gasteiger partial charge in [0.2, 0.25) is 0 Å². The zero-order valence-corrected chi connectivity index (χ0v) is 8.77. The molecule has 0 unspecified atom stereocenters. The van der Waals surface area contributed by atoms with Crippen molar-refractivity contribution in [2.45, 2.75) is 6.92 Å². The van der Waals surface area contributed by atoms with Crippen LogP contribution >= 0.6 is 11.6 Å². The molecule has 0 aromatic heterocycles. The first-order chi connectivity index (χ1) is 6.70. The third-order valence-electron chi connectivity index (χ3n) is 1.92. The van der Waals surface area contributed by atoms with Crippen LogP contribution < -0.4 is 4.74 Å². The van der Waals surface area contributed by atoms with Crippen molar-refractivity contribution in [1.82, 2.24) is 0 Å². The van der Waals surface area contributed by atoms with Crippen molar-refractivity contribution in [2.24, 2.45) is 0 Å². The van der Waals surface area contributed by atoms with Gasteiger partial charge in [-0.15, -0.1) is 6.42 Å². The van der Waals surface area contributed by atoms with Crippen molar-refractivity contribution in [3.63, 3.8) is 0 Å². The molecule has 0 aliphatic heterocycles. The van der Waals surface area contributed by atoms with Crippen LogP contribution in [0.4, 0.5) is 0 Å². The molecule has 72 valence electrons. The number of halogens is 1. The summed E-state index contributed by atoms with van der Waals surface area (Å²) in [6.07, 6.45) is 6.82. The van der Waals surface area contributed by atoms with Gasteiger partial charge in [-0.05, 0) is 24.6 Å². The summed E-state index contributed by atoms with van der Waals surface area (Å²) in [6.45, 7) is 5.88. The molecule has 0 bridgehead atoms. The summed E-state index contributed by atoms with van der Waals surface area (Å²) in [5, 5.41) is 0.702. The Morgan fingerprint density at radius 3 is 2.93 bits per heavy atom. The van der Waals surface area contributed by atoms with Crippen LogP contribution in [0, 0.1) is 19.3 Å². The lowest BCUT2D eigenvalue weighted by Crippen LogP contribution is -1.97. The third-order valence-corrected chi connectivity index (χ3v) is 2.33. The van der Waals surface area contributed by atoms with Crippen LogP contribution in [0.15, 0.2) is 18.7 Å². The van der Waals surface area contributed by atoms with E-state index >= 15 is 0 Å². The quantitative estimate of drug-likeness (QED) is 0.690. The first-order valence-corrected chi connectivity index (χ1v) is 4.56. The summed E-state index contributed by atoms with van der Waals surface area (Å²) in [4.78, 5) is 0. The fourth-order valence-corrected chi connectivity index (χ4v) is 1.34. The van der Waals surface area contributed by atoms with Gasteiger partial charge in [0, 0.05) is 10.6 Å². The van der Waals surface area contributed by atoms with E-state index in [-0.39, 0.29) is 6.61 Å². The monoisotopic (exact) mass is 206 g/mol. The van der Waals surface area contributed by atoms with E-state index in [1.807, 2.05) is 6.92 Å². The summed E-state index contributed by atoms with van der Waals surface area (Å²) in [6, 6.07) is 3.58. The number of benzene rings is 1. The molecule has 14 heavy (non-hydrogen) atoms.